The first-order valence-corrected chi connectivity index (χ1v) is 6.61. The standard InChI is InChI=1S/C12H11ClIN3O/c1-17-6-8(15)5-11(17)12(18)16-10-3-2-7(13)4-9(10)14/h2-6H,15H2,1H3,(H,16,18). The number of nitrogens with one attached hydrogen (secondary N) is 1. The summed E-state index contributed by atoms with van der Waals surface area (Å²) in [5.41, 5.74) is 7.44. The number of halogens is 2. The molecule has 6 heteroatoms. The van der Waals surface area contributed by atoms with Crippen molar-refractivity contribution in [1.29, 1.82) is 0 Å². The molecule has 0 aliphatic carbocycles. The number of benzene rings is 1. The van der Waals surface area contributed by atoms with Gasteiger partial charge in [-0.15, -0.1) is 0 Å². The lowest BCUT2D eigenvalue weighted by Gasteiger charge is -2.08. The Labute approximate surface area is 123 Å². The number of hydrogen-bond donors (Lipinski definition) is 2. The van der Waals surface area contributed by atoms with Crippen LogP contribution < -0.4 is 11.1 Å². The normalized spacial score (nSPS) is 10.4. The fourth-order valence-electron chi connectivity index (χ4n) is 1.59. The zero-order valence-electron chi connectivity index (χ0n) is 9.58. The van der Waals surface area contributed by atoms with Crippen molar-refractivity contribution in [2.24, 2.45) is 7.05 Å². The molecule has 0 aliphatic rings. The van der Waals surface area contributed by atoms with Gasteiger partial charge in [-0.2, -0.15) is 0 Å². The third-order valence-corrected chi connectivity index (χ3v) is 3.57. The molecule has 0 spiro atoms. The molecule has 2 aromatic rings. The average molecular weight is 376 g/mol. The highest BCUT2D eigenvalue weighted by Crippen LogP contribution is 2.23. The van der Waals surface area contributed by atoms with Crippen LogP contribution >= 0.6 is 34.2 Å². The number of anilines is 2. The van der Waals surface area contributed by atoms with Crippen molar-refractivity contribution in [1.82, 2.24) is 4.57 Å². The number of aryl methyl sites for hydroxylation is 1. The highest BCUT2D eigenvalue weighted by atomic mass is 127. The third-order valence-electron chi connectivity index (χ3n) is 2.44. The minimum absolute atomic E-state index is 0.200. The molecule has 1 aromatic heterocycles. The maximum absolute atomic E-state index is 12.1. The Balaban J connectivity index is 2.24. The van der Waals surface area contributed by atoms with Gasteiger partial charge in [-0.1, -0.05) is 11.6 Å². The van der Waals surface area contributed by atoms with Crippen LogP contribution in [-0.2, 0) is 7.05 Å². The number of rotatable bonds is 2. The molecule has 0 saturated carbocycles. The van der Waals surface area contributed by atoms with E-state index in [1.165, 1.54) is 0 Å². The third kappa shape index (κ3) is 2.78. The van der Waals surface area contributed by atoms with Gasteiger partial charge in [0.1, 0.15) is 5.69 Å². The summed E-state index contributed by atoms with van der Waals surface area (Å²) in [7, 11) is 1.78. The second-order valence-electron chi connectivity index (χ2n) is 3.85. The summed E-state index contributed by atoms with van der Waals surface area (Å²) < 4.78 is 2.57. The Morgan fingerprint density at radius 1 is 1.44 bits per heavy atom. The molecule has 0 saturated heterocycles. The summed E-state index contributed by atoms with van der Waals surface area (Å²) >= 11 is 7.98. The molecule has 94 valence electrons. The van der Waals surface area contributed by atoms with E-state index < -0.39 is 0 Å². The van der Waals surface area contributed by atoms with E-state index >= 15 is 0 Å². The Morgan fingerprint density at radius 3 is 2.72 bits per heavy atom. The molecule has 0 radical (unpaired) electrons. The van der Waals surface area contributed by atoms with E-state index in [-0.39, 0.29) is 5.91 Å². The van der Waals surface area contributed by atoms with Crippen molar-refractivity contribution in [3.05, 3.63) is 44.7 Å². The second kappa shape index (κ2) is 5.19. The quantitative estimate of drug-likeness (QED) is 0.792. The summed E-state index contributed by atoms with van der Waals surface area (Å²) in [5.74, 6) is -0.200. The van der Waals surface area contributed by atoms with Gasteiger partial charge in [0.05, 0.1) is 11.4 Å². The number of nitrogens with zero attached hydrogens (tertiary/aromatic N) is 1. The number of carbonyl (C=O) groups is 1. The number of nitrogens with two attached hydrogens (primary N) is 1. The number of aromatic nitrogens is 1. The van der Waals surface area contributed by atoms with Crippen LogP contribution in [0.15, 0.2) is 30.5 Å². The summed E-state index contributed by atoms with van der Waals surface area (Å²) in [4.78, 5) is 12.1. The molecule has 1 heterocycles. The van der Waals surface area contributed by atoms with Crippen LogP contribution in [0.1, 0.15) is 10.5 Å². The van der Waals surface area contributed by atoms with Crippen molar-refractivity contribution in [2.45, 2.75) is 0 Å². The van der Waals surface area contributed by atoms with Crippen molar-refractivity contribution in [3.8, 4) is 0 Å². The Hall–Kier alpha value is -1.21. The van der Waals surface area contributed by atoms with E-state index in [1.807, 2.05) is 0 Å². The molecule has 0 bridgehead atoms. The van der Waals surface area contributed by atoms with Crippen LogP contribution in [0.5, 0.6) is 0 Å². The first-order valence-electron chi connectivity index (χ1n) is 5.15. The van der Waals surface area contributed by atoms with Gasteiger partial charge < -0.3 is 15.6 Å². The van der Waals surface area contributed by atoms with E-state index in [0.717, 1.165) is 9.26 Å². The van der Waals surface area contributed by atoms with Crippen molar-refractivity contribution < 1.29 is 4.79 Å². The van der Waals surface area contributed by atoms with E-state index in [4.69, 9.17) is 17.3 Å². The van der Waals surface area contributed by atoms with E-state index in [2.05, 4.69) is 27.9 Å². The molecule has 0 aliphatic heterocycles. The summed E-state index contributed by atoms with van der Waals surface area (Å²) in [5, 5.41) is 3.47. The fourth-order valence-corrected chi connectivity index (χ4v) is 2.60. The largest absolute Gasteiger partial charge is 0.397 e. The lowest BCUT2D eigenvalue weighted by molar-refractivity contribution is 0.101. The first-order chi connectivity index (χ1) is 8.47. The Morgan fingerprint density at radius 2 is 2.17 bits per heavy atom. The topological polar surface area (TPSA) is 60.0 Å². The number of hydrogen-bond acceptors (Lipinski definition) is 2. The molecule has 0 unspecified atom stereocenters. The zero-order chi connectivity index (χ0) is 13.3. The van der Waals surface area contributed by atoms with Crippen molar-refractivity contribution in [3.63, 3.8) is 0 Å². The predicted molar refractivity (Wildman–Crippen MR) is 81.9 cm³/mol. The van der Waals surface area contributed by atoms with Crippen LogP contribution in [0.2, 0.25) is 5.02 Å². The zero-order valence-corrected chi connectivity index (χ0v) is 12.5. The van der Waals surface area contributed by atoms with Gasteiger partial charge in [-0.05, 0) is 46.9 Å². The van der Waals surface area contributed by atoms with Crippen LogP contribution in [0.4, 0.5) is 11.4 Å². The highest BCUT2D eigenvalue weighted by Gasteiger charge is 2.12. The fraction of sp³-hybridized carbons (Fsp3) is 0.0833. The lowest BCUT2D eigenvalue weighted by atomic mass is 10.3. The highest BCUT2D eigenvalue weighted by molar-refractivity contribution is 14.1. The van der Waals surface area contributed by atoms with Gasteiger partial charge in [-0.3, -0.25) is 4.79 Å². The summed E-state index contributed by atoms with van der Waals surface area (Å²) in [6.45, 7) is 0. The van der Waals surface area contributed by atoms with Gasteiger partial charge in [0, 0.05) is 21.8 Å². The lowest BCUT2D eigenvalue weighted by Crippen LogP contribution is -2.15. The van der Waals surface area contributed by atoms with Gasteiger partial charge in [0.2, 0.25) is 0 Å². The van der Waals surface area contributed by atoms with Crippen LogP contribution in [-0.4, -0.2) is 10.5 Å². The summed E-state index contributed by atoms with van der Waals surface area (Å²) in [6, 6.07) is 6.93. The molecular weight excluding hydrogens is 365 g/mol. The minimum Gasteiger partial charge on any atom is -0.397 e. The first kappa shape index (κ1) is 13.2. The van der Waals surface area contributed by atoms with Crippen LogP contribution in [0.3, 0.4) is 0 Å². The molecule has 0 atom stereocenters. The van der Waals surface area contributed by atoms with Gasteiger partial charge >= 0.3 is 0 Å². The Bertz CT molecular complexity index is 609. The predicted octanol–water partition coefficient (Wildman–Crippen LogP) is 3.12. The van der Waals surface area contributed by atoms with Crippen molar-refractivity contribution >= 4 is 51.5 Å². The monoisotopic (exact) mass is 375 g/mol. The SMILES string of the molecule is Cn1cc(N)cc1C(=O)Nc1ccc(Cl)cc1I. The maximum Gasteiger partial charge on any atom is 0.272 e. The molecule has 2 rings (SSSR count). The summed E-state index contributed by atoms with van der Waals surface area (Å²) in [6.07, 6.45) is 1.70. The van der Waals surface area contributed by atoms with Crippen LogP contribution in [0.25, 0.3) is 0 Å². The van der Waals surface area contributed by atoms with Crippen molar-refractivity contribution in [2.75, 3.05) is 11.1 Å². The molecular formula is C12H11ClIN3O. The molecule has 4 nitrogen and oxygen atoms in total. The molecule has 1 aromatic carbocycles. The van der Waals surface area contributed by atoms with Gasteiger partial charge in [0.25, 0.3) is 5.91 Å². The number of nitrogen functional groups attached to an aromatic ring is 1. The second-order valence-corrected chi connectivity index (χ2v) is 5.45. The van der Waals surface area contributed by atoms with Crippen LogP contribution in [0, 0.1) is 3.57 Å². The molecule has 18 heavy (non-hydrogen) atoms. The molecule has 3 N–H and O–H groups in total. The molecule has 1 amide bonds. The smallest absolute Gasteiger partial charge is 0.272 e. The Kier molecular flexibility index (Phi) is 3.82. The molecule has 0 fully saturated rings. The number of carbonyl (C=O) groups excluding carboxylic acids is 1. The van der Waals surface area contributed by atoms with E-state index in [0.29, 0.717) is 16.4 Å². The van der Waals surface area contributed by atoms with Gasteiger partial charge in [-0.25, -0.2) is 0 Å². The minimum atomic E-state index is -0.200. The average Bonchev–Trinajstić information content (AvgIpc) is 2.62. The van der Waals surface area contributed by atoms with E-state index in [1.54, 1.807) is 42.1 Å². The maximum atomic E-state index is 12.1. The number of amides is 1. The van der Waals surface area contributed by atoms with E-state index in [9.17, 15) is 4.79 Å². The van der Waals surface area contributed by atoms with Gasteiger partial charge in [0.15, 0.2) is 0 Å².